The van der Waals surface area contributed by atoms with Crippen LogP contribution in [-0.2, 0) is 26.3 Å². The number of benzene rings is 4. The van der Waals surface area contributed by atoms with Crippen molar-refractivity contribution < 1.29 is 27.0 Å². The summed E-state index contributed by atoms with van der Waals surface area (Å²) in [5.41, 5.74) is 10.7. The molecule has 0 aliphatic rings. The van der Waals surface area contributed by atoms with Crippen LogP contribution >= 0.6 is 0 Å². The minimum Gasteiger partial charge on any atom is -0.508 e. The smallest absolute Gasteiger partial charge is 0.243 e. The molecule has 2 atom stereocenters. The summed E-state index contributed by atoms with van der Waals surface area (Å²) in [5.74, 6) is 0.141. The maximum absolute atomic E-state index is 13.1. The molecule has 0 saturated carbocycles. The van der Waals surface area contributed by atoms with Crippen LogP contribution in [0.3, 0.4) is 0 Å². The van der Waals surface area contributed by atoms with Crippen molar-refractivity contribution in [3.05, 3.63) is 107 Å². The Morgan fingerprint density at radius 2 is 1.43 bits per heavy atom. The second kappa shape index (κ2) is 15.9. The minimum absolute atomic E-state index is 0.0377. The first-order valence-electron chi connectivity index (χ1n) is 14.6. The molecule has 46 heavy (non-hydrogen) atoms. The Labute approximate surface area is 271 Å². The van der Waals surface area contributed by atoms with Gasteiger partial charge in [-0.15, -0.1) is 0 Å². The zero-order chi connectivity index (χ0) is 34.1. The summed E-state index contributed by atoms with van der Waals surface area (Å²) in [6.45, 7) is 3.80. The van der Waals surface area contributed by atoms with Gasteiger partial charge in [0.05, 0.1) is 21.9 Å². The summed E-state index contributed by atoms with van der Waals surface area (Å²) in [4.78, 5) is 5.32. The van der Waals surface area contributed by atoms with Crippen molar-refractivity contribution in [3.8, 4) is 5.75 Å². The molecule has 11 nitrogen and oxygen atoms in total. The fourth-order valence-electron chi connectivity index (χ4n) is 4.92. The molecule has 0 aliphatic carbocycles. The summed E-state index contributed by atoms with van der Waals surface area (Å²) >= 11 is 0. The molecule has 0 bridgehead atoms. The molecule has 2 N–H and O–H groups in total. The van der Waals surface area contributed by atoms with Gasteiger partial charge in [-0.1, -0.05) is 73.6 Å². The van der Waals surface area contributed by atoms with Crippen molar-refractivity contribution in [2.75, 3.05) is 38.3 Å². The molecule has 0 radical (unpaired) electrons. The lowest BCUT2D eigenvalue weighted by molar-refractivity contribution is 0.116. The van der Waals surface area contributed by atoms with Gasteiger partial charge >= 0.3 is 0 Å². The normalized spacial score (nSPS) is 13.0. The van der Waals surface area contributed by atoms with Crippen LogP contribution in [0.4, 0.5) is 5.69 Å². The van der Waals surface area contributed by atoms with Crippen molar-refractivity contribution in [1.82, 2.24) is 4.31 Å². The fourth-order valence-corrected chi connectivity index (χ4v) is 7.47. The maximum atomic E-state index is 13.1. The van der Waals surface area contributed by atoms with Crippen LogP contribution in [0.1, 0.15) is 19.4 Å². The highest BCUT2D eigenvalue weighted by Crippen LogP contribution is 2.30. The lowest BCUT2D eigenvalue weighted by Gasteiger charge is -2.28. The average molecular weight is 668 g/mol. The van der Waals surface area contributed by atoms with E-state index in [1.807, 2.05) is 57.1 Å². The fraction of sp³-hybridized carbons (Fsp3) is 0.333. The van der Waals surface area contributed by atoms with E-state index in [0.29, 0.717) is 4.90 Å². The van der Waals surface area contributed by atoms with Crippen molar-refractivity contribution in [2.24, 2.45) is 11.0 Å². The van der Waals surface area contributed by atoms with Crippen LogP contribution in [0, 0.1) is 5.92 Å². The molecule has 0 aromatic heterocycles. The van der Waals surface area contributed by atoms with Gasteiger partial charge in [-0.2, -0.15) is 4.31 Å². The van der Waals surface area contributed by atoms with E-state index < -0.39 is 32.0 Å². The van der Waals surface area contributed by atoms with E-state index in [1.54, 1.807) is 42.5 Å². The summed E-state index contributed by atoms with van der Waals surface area (Å²) in [6, 6.07) is 24.6. The summed E-state index contributed by atoms with van der Waals surface area (Å²) in [6.07, 6.45) is 0.258. The molecule has 1 unspecified atom stereocenters. The molecule has 246 valence electrons. The van der Waals surface area contributed by atoms with Crippen molar-refractivity contribution >= 4 is 36.3 Å². The molecule has 4 rings (SSSR count). The molecule has 0 aliphatic heterocycles. The van der Waals surface area contributed by atoms with E-state index in [1.165, 1.54) is 34.8 Å². The van der Waals surface area contributed by atoms with Crippen molar-refractivity contribution in [3.63, 3.8) is 0 Å². The van der Waals surface area contributed by atoms with Gasteiger partial charge in [0.15, 0.2) is 9.84 Å². The van der Waals surface area contributed by atoms with E-state index in [9.17, 15) is 27.0 Å². The summed E-state index contributed by atoms with van der Waals surface area (Å²) in [7, 11) is -3.11. The highest BCUT2D eigenvalue weighted by Gasteiger charge is 2.30. The highest BCUT2D eigenvalue weighted by atomic mass is 32.2. The van der Waals surface area contributed by atoms with E-state index >= 15 is 0 Å². The number of aromatic hydroxyl groups is 1. The largest absolute Gasteiger partial charge is 0.508 e. The maximum Gasteiger partial charge on any atom is 0.243 e. The molecule has 4 aromatic rings. The van der Waals surface area contributed by atoms with Gasteiger partial charge in [-0.25, -0.2) is 16.8 Å². The third-order valence-electron chi connectivity index (χ3n) is 7.11. The van der Waals surface area contributed by atoms with Crippen LogP contribution in [0.25, 0.3) is 21.2 Å². The SMILES string of the molecule is CC(C)CN(CC(O)[C@H](Cc1ccc(O)cc1)N=[N+]=[N-])S(=O)(=O)c1ccccc1.CN(C)c1cccc2c(S(C)(=O)=O)cccc12. The van der Waals surface area contributed by atoms with Gasteiger partial charge < -0.3 is 15.1 Å². The number of sulfone groups is 1. The monoisotopic (exact) mass is 667 g/mol. The van der Waals surface area contributed by atoms with Crippen LogP contribution in [0.5, 0.6) is 5.75 Å². The molecule has 0 spiro atoms. The quantitative estimate of drug-likeness (QED) is 0.112. The van der Waals surface area contributed by atoms with Gasteiger partial charge in [-0.3, -0.25) is 0 Å². The van der Waals surface area contributed by atoms with Gasteiger partial charge in [-0.05, 0) is 59.8 Å². The number of aliphatic hydroxyl groups excluding tert-OH is 1. The van der Waals surface area contributed by atoms with Crippen LogP contribution in [0.15, 0.2) is 106 Å². The van der Waals surface area contributed by atoms with E-state index in [-0.39, 0.29) is 36.1 Å². The predicted molar refractivity (Wildman–Crippen MR) is 182 cm³/mol. The van der Waals surface area contributed by atoms with E-state index in [0.717, 1.165) is 22.0 Å². The molecule has 0 heterocycles. The molecule has 0 fully saturated rings. The number of phenolic OH excluding ortho intramolecular Hbond substituents is 1. The van der Waals surface area contributed by atoms with Gasteiger partial charge in [0, 0.05) is 54.8 Å². The third-order valence-corrected chi connectivity index (χ3v) is 10.1. The number of fused-ring (bicyclic) bond motifs is 1. The first-order valence-corrected chi connectivity index (χ1v) is 17.9. The number of anilines is 1. The number of azide groups is 1. The van der Waals surface area contributed by atoms with Crippen molar-refractivity contribution in [1.29, 1.82) is 0 Å². The second-order valence-corrected chi connectivity index (χ2v) is 15.5. The molecule has 0 saturated heterocycles. The first-order chi connectivity index (χ1) is 21.6. The molecular formula is C33H41N5O6S2. The summed E-state index contributed by atoms with van der Waals surface area (Å²) in [5, 5.41) is 25.5. The van der Waals surface area contributed by atoms with Crippen molar-refractivity contribution in [2.45, 2.75) is 42.2 Å². The van der Waals surface area contributed by atoms with Gasteiger partial charge in [0.25, 0.3) is 0 Å². The number of hydrogen-bond donors (Lipinski definition) is 2. The summed E-state index contributed by atoms with van der Waals surface area (Å²) < 4.78 is 50.8. The van der Waals surface area contributed by atoms with Gasteiger partial charge in [0.2, 0.25) is 10.0 Å². The zero-order valence-electron chi connectivity index (χ0n) is 26.6. The Bertz CT molecular complexity index is 1860. The predicted octanol–water partition coefficient (Wildman–Crippen LogP) is 5.63. The lowest BCUT2D eigenvalue weighted by Crippen LogP contribution is -2.43. The number of nitrogens with zero attached hydrogens (tertiary/aromatic N) is 5. The number of phenols is 1. The Hall–Kier alpha value is -4.13. The average Bonchev–Trinajstić information content (AvgIpc) is 3.01. The van der Waals surface area contributed by atoms with Crippen LogP contribution < -0.4 is 4.90 Å². The Kier molecular flexibility index (Phi) is 12.6. The molecule has 13 heteroatoms. The van der Waals surface area contributed by atoms with E-state index in [2.05, 4.69) is 10.0 Å². The van der Waals surface area contributed by atoms with Crippen LogP contribution in [0.2, 0.25) is 0 Å². The molecule has 0 amide bonds. The van der Waals surface area contributed by atoms with Gasteiger partial charge in [0.1, 0.15) is 5.75 Å². The van der Waals surface area contributed by atoms with E-state index in [4.69, 9.17) is 5.53 Å². The number of hydrogen-bond acceptors (Lipinski definition) is 8. The number of sulfonamides is 1. The Balaban J connectivity index is 0.000000286. The Morgan fingerprint density at radius 3 is 2.00 bits per heavy atom. The van der Waals surface area contributed by atoms with Crippen LogP contribution in [-0.4, -0.2) is 76.9 Å². The third kappa shape index (κ3) is 9.68. The second-order valence-electron chi connectivity index (χ2n) is 11.5. The first kappa shape index (κ1) is 36.3. The highest BCUT2D eigenvalue weighted by molar-refractivity contribution is 7.91. The lowest BCUT2D eigenvalue weighted by atomic mass is 10.0. The number of aliphatic hydroxyl groups is 1. The topological polar surface area (TPSA) is 164 Å². The zero-order valence-corrected chi connectivity index (χ0v) is 28.2. The number of rotatable bonds is 12. The Morgan fingerprint density at radius 1 is 0.826 bits per heavy atom. The standard InChI is InChI=1S/C20H26N4O4S.C13H15NO2S/c1-15(2)13-24(29(27,28)18-6-4-3-5-7-18)14-20(26)19(22-23-21)12-16-8-10-17(25)11-9-16;1-14(2)12-8-4-7-11-10(12)6-5-9-13(11)17(3,15)16/h3-11,15,19-20,25-26H,12-14H2,1-2H3;4-9H,1-3H3/t19-,20?;/m0./s1. The molecule has 4 aromatic carbocycles. The minimum atomic E-state index is -3.81. The molecular weight excluding hydrogens is 627 g/mol.